The van der Waals surface area contributed by atoms with Crippen LogP contribution in [0.4, 0.5) is 4.79 Å². The number of rotatable bonds is 5. The summed E-state index contributed by atoms with van der Waals surface area (Å²) in [5, 5.41) is 6.23. The number of amides is 4. The van der Waals surface area contributed by atoms with Gasteiger partial charge in [-0.05, 0) is 42.3 Å². The van der Waals surface area contributed by atoms with Crippen LogP contribution in [0.1, 0.15) is 18.1 Å². The molecule has 0 aliphatic carbocycles. The van der Waals surface area contributed by atoms with Gasteiger partial charge in [0.15, 0.2) is 11.5 Å². The Morgan fingerprint density at radius 2 is 1.87 bits per heavy atom. The van der Waals surface area contributed by atoms with Gasteiger partial charge >= 0.3 is 6.03 Å². The molecule has 2 aromatic carbocycles. The molecule has 0 radical (unpaired) electrons. The zero-order valence-electron chi connectivity index (χ0n) is 16.5. The fourth-order valence-electron chi connectivity index (χ4n) is 3.45. The van der Waals surface area contributed by atoms with E-state index in [0.717, 1.165) is 4.90 Å². The maximum absolute atomic E-state index is 13.1. The molecule has 1 atom stereocenters. The highest BCUT2D eigenvalue weighted by Crippen LogP contribution is 2.36. The molecule has 0 aromatic heterocycles. The Bertz CT molecular complexity index is 1080. The largest absolute Gasteiger partial charge is 0.486 e. The van der Waals surface area contributed by atoms with Gasteiger partial charge in [-0.2, -0.15) is 0 Å². The van der Waals surface area contributed by atoms with Crippen molar-refractivity contribution in [2.45, 2.75) is 19.0 Å². The van der Waals surface area contributed by atoms with Gasteiger partial charge in [-0.15, -0.1) is 0 Å². The molecule has 10 heteroatoms. The fraction of sp³-hybridized carbons (Fsp3) is 0.286. The number of fused-ring (bicyclic) bond motifs is 1. The summed E-state index contributed by atoms with van der Waals surface area (Å²) in [6.07, 6.45) is 0. The second kappa shape index (κ2) is 8.28. The van der Waals surface area contributed by atoms with E-state index < -0.39 is 29.9 Å². The van der Waals surface area contributed by atoms with Gasteiger partial charge < -0.3 is 20.1 Å². The lowest BCUT2D eigenvalue weighted by Crippen LogP contribution is -2.43. The molecular formula is C21H19Cl2N3O5. The molecule has 0 bridgehead atoms. The zero-order valence-corrected chi connectivity index (χ0v) is 18.0. The minimum atomic E-state index is -1.33. The van der Waals surface area contributed by atoms with Gasteiger partial charge in [-0.3, -0.25) is 14.5 Å². The van der Waals surface area contributed by atoms with Crippen molar-refractivity contribution in [1.82, 2.24) is 15.5 Å². The lowest BCUT2D eigenvalue weighted by molar-refractivity contribution is -0.134. The Balaban J connectivity index is 1.44. The number of benzene rings is 2. The molecule has 31 heavy (non-hydrogen) atoms. The van der Waals surface area contributed by atoms with Crippen LogP contribution in [0.25, 0.3) is 0 Å². The summed E-state index contributed by atoms with van der Waals surface area (Å²) >= 11 is 12.0. The molecule has 1 fully saturated rings. The molecule has 4 amide bonds. The van der Waals surface area contributed by atoms with E-state index in [1.54, 1.807) is 43.3 Å². The van der Waals surface area contributed by atoms with Crippen molar-refractivity contribution in [3.63, 3.8) is 0 Å². The zero-order chi connectivity index (χ0) is 22.2. The summed E-state index contributed by atoms with van der Waals surface area (Å²) < 4.78 is 11.1. The third kappa shape index (κ3) is 4.13. The first kappa shape index (κ1) is 21.3. The Morgan fingerprint density at radius 3 is 2.61 bits per heavy atom. The highest BCUT2D eigenvalue weighted by atomic mass is 35.5. The molecule has 162 valence electrons. The standard InChI is InChI=1S/C21H19Cl2N3O5/c1-21(13-3-5-16-17(8-13)31-7-6-30-16)19(28)26(20(29)25-21)11-18(27)24-10-12-2-4-14(22)9-15(12)23/h2-5,8-9H,6-7,10-11H2,1H3,(H,24,27)(H,25,29)/t21-/m1/s1. The first-order chi connectivity index (χ1) is 14.8. The van der Waals surface area contributed by atoms with Gasteiger partial charge in [-0.25, -0.2) is 4.79 Å². The second-order valence-corrected chi connectivity index (χ2v) is 8.16. The highest BCUT2D eigenvalue weighted by molar-refractivity contribution is 6.35. The molecule has 2 aromatic rings. The number of carbonyl (C=O) groups excluding carboxylic acids is 3. The van der Waals surface area contributed by atoms with E-state index in [1.807, 2.05) is 0 Å². The van der Waals surface area contributed by atoms with Crippen LogP contribution in [0, 0.1) is 0 Å². The van der Waals surface area contributed by atoms with Crippen molar-refractivity contribution >= 4 is 41.0 Å². The Kier molecular flexibility index (Phi) is 5.68. The van der Waals surface area contributed by atoms with Gasteiger partial charge in [0.2, 0.25) is 5.91 Å². The van der Waals surface area contributed by atoms with Crippen LogP contribution in [-0.2, 0) is 21.7 Å². The summed E-state index contributed by atoms with van der Waals surface area (Å²) in [6, 6.07) is 9.32. The maximum Gasteiger partial charge on any atom is 0.325 e. The van der Waals surface area contributed by atoms with Crippen LogP contribution in [0.15, 0.2) is 36.4 Å². The summed E-state index contributed by atoms with van der Waals surface area (Å²) in [6.45, 7) is 2.15. The minimum Gasteiger partial charge on any atom is -0.486 e. The lowest BCUT2D eigenvalue weighted by Gasteiger charge is -2.25. The maximum atomic E-state index is 13.1. The van der Waals surface area contributed by atoms with E-state index in [0.29, 0.717) is 45.9 Å². The SMILES string of the molecule is C[C@]1(c2ccc3c(c2)OCCO3)NC(=O)N(CC(=O)NCc2ccc(Cl)cc2Cl)C1=O. The van der Waals surface area contributed by atoms with Crippen LogP contribution in [0.3, 0.4) is 0 Å². The van der Waals surface area contributed by atoms with Crippen LogP contribution in [0.5, 0.6) is 11.5 Å². The third-order valence-corrected chi connectivity index (χ3v) is 5.77. The molecule has 2 heterocycles. The monoisotopic (exact) mass is 463 g/mol. The van der Waals surface area contributed by atoms with Gasteiger partial charge in [0.1, 0.15) is 25.3 Å². The highest BCUT2D eigenvalue weighted by Gasteiger charge is 2.49. The van der Waals surface area contributed by atoms with Crippen LogP contribution < -0.4 is 20.1 Å². The minimum absolute atomic E-state index is 0.137. The molecule has 2 N–H and O–H groups in total. The molecule has 2 aliphatic heterocycles. The lowest BCUT2D eigenvalue weighted by atomic mass is 9.91. The number of urea groups is 1. The van der Waals surface area contributed by atoms with Gasteiger partial charge in [0.05, 0.1) is 0 Å². The molecule has 4 rings (SSSR count). The topological polar surface area (TPSA) is 97.0 Å². The normalized spacial score (nSPS) is 19.9. The van der Waals surface area contributed by atoms with Crippen molar-refractivity contribution in [3.8, 4) is 11.5 Å². The van der Waals surface area contributed by atoms with E-state index in [-0.39, 0.29) is 6.54 Å². The molecule has 0 saturated carbocycles. The van der Waals surface area contributed by atoms with Gasteiger partial charge in [0, 0.05) is 16.6 Å². The fourth-order valence-corrected chi connectivity index (χ4v) is 3.92. The molecule has 8 nitrogen and oxygen atoms in total. The van der Waals surface area contributed by atoms with E-state index in [9.17, 15) is 14.4 Å². The molecular weight excluding hydrogens is 445 g/mol. The smallest absolute Gasteiger partial charge is 0.325 e. The molecule has 0 spiro atoms. The van der Waals surface area contributed by atoms with Crippen LogP contribution >= 0.6 is 23.2 Å². The molecule has 1 saturated heterocycles. The predicted octanol–water partition coefficient (Wildman–Crippen LogP) is 2.85. The molecule has 0 unspecified atom stereocenters. The number of halogens is 2. The summed E-state index contributed by atoms with van der Waals surface area (Å²) in [5.74, 6) is 0.0466. The number of hydrogen-bond acceptors (Lipinski definition) is 5. The Morgan fingerprint density at radius 1 is 1.13 bits per heavy atom. The average Bonchev–Trinajstić information content (AvgIpc) is 2.96. The number of nitrogens with one attached hydrogen (secondary N) is 2. The van der Waals surface area contributed by atoms with Gasteiger partial charge in [0.25, 0.3) is 5.91 Å². The van der Waals surface area contributed by atoms with Crippen molar-refractivity contribution in [1.29, 1.82) is 0 Å². The van der Waals surface area contributed by atoms with Gasteiger partial charge in [-0.1, -0.05) is 35.3 Å². The van der Waals surface area contributed by atoms with E-state index in [2.05, 4.69) is 10.6 Å². The van der Waals surface area contributed by atoms with E-state index >= 15 is 0 Å². The second-order valence-electron chi connectivity index (χ2n) is 7.32. The van der Waals surface area contributed by atoms with Crippen molar-refractivity contribution in [2.75, 3.05) is 19.8 Å². The van der Waals surface area contributed by atoms with Crippen LogP contribution in [-0.4, -0.2) is 42.5 Å². The summed E-state index contributed by atoms with van der Waals surface area (Å²) in [5.41, 5.74) is -0.129. The average molecular weight is 464 g/mol. The van der Waals surface area contributed by atoms with Crippen molar-refractivity contribution in [3.05, 3.63) is 57.6 Å². The summed E-state index contributed by atoms with van der Waals surface area (Å²) in [7, 11) is 0. The number of hydrogen-bond donors (Lipinski definition) is 2. The van der Waals surface area contributed by atoms with Crippen LogP contribution in [0.2, 0.25) is 10.0 Å². The third-order valence-electron chi connectivity index (χ3n) is 5.19. The Hall–Kier alpha value is -2.97. The first-order valence-corrected chi connectivity index (χ1v) is 10.3. The molecule has 2 aliphatic rings. The number of imide groups is 1. The van der Waals surface area contributed by atoms with Crippen molar-refractivity contribution in [2.24, 2.45) is 0 Å². The predicted molar refractivity (Wildman–Crippen MR) is 113 cm³/mol. The number of ether oxygens (including phenoxy) is 2. The first-order valence-electron chi connectivity index (χ1n) is 9.53. The van der Waals surface area contributed by atoms with E-state index in [4.69, 9.17) is 32.7 Å². The quantitative estimate of drug-likeness (QED) is 0.664. The number of nitrogens with zero attached hydrogens (tertiary/aromatic N) is 1. The Labute approximate surface area is 188 Å². The van der Waals surface area contributed by atoms with E-state index in [1.165, 1.54) is 0 Å². The van der Waals surface area contributed by atoms with Crippen molar-refractivity contribution < 1.29 is 23.9 Å². The summed E-state index contributed by atoms with van der Waals surface area (Å²) in [4.78, 5) is 38.8. The number of carbonyl (C=O) groups is 3.